The van der Waals surface area contributed by atoms with Crippen molar-refractivity contribution in [2.24, 2.45) is 0 Å². The van der Waals surface area contributed by atoms with E-state index in [9.17, 15) is 52.7 Å². The maximum absolute atomic E-state index is 15.4. The zero-order valence-corrected chi connectivity index (χ0v) is 27.2. The van der Waals surface area contributed by atoms with Gasteiger partial charge in [0.1, 0.15) is 52.2 Å². The Labute approximate surface area is 289 Å². The molecule has 0 bridgehead atoms. The van der Waals surface area contributed by atoms with Crippen molar-refractivity contribution in [1.29, 1.82) is 0 Å². The number of hydrogen-bond donors (Lipinski definition) is 1. The van der Waals surface area contributed by atoms with E-state index in [2.05, 4.69) is 25.6 Å². The van der Waals surface area contributed by atoms with E-state index in [-0.39, 0.29) is 0 Å². The number of rotatable bonds is 4. The van der Waals surface area contributed by atoms with Crippen molar-refractivity contribution in [2.75, 3.05) is 0 Å². The maximum Gasteiger partial charge on any atom is 0.300 e. The van der Waals surface area contributed by atoms with Gasteiger partial charge in [-0.25, -0.2) is 87.8 Å². The lowest BCUT2D eigenvalue weighted by Gasteiger charge is -2.42. The first-order valence-electron chi connectivity index (χ1n) is 14.0. The Morgan fingerprint density at radius 1 is 0.315 bits per heavy atom. The fraction of sp³-hybridized carbons (Fsp3) is 0.0625. The summed E-state index contributed by atoms with van der Waals surface area (Å²) < 4.78 is 280. The molecule has 5 aromatic rings. The summed E-state index contributed by atoms with van der Waals surface area (Å²) in [4.78, 5) is 0. The molecule has 0 atom stereocenters. The van der Waals surface area contributed by atoms with Gasteiger partial charge in [0.15, 0.2) is 69.8 Å². The molecule has 0 radical (unpaired) electrons. The van der Waals surface area contributed by atoms with Crippen LogP contribution in [0.4, 0.5) is 93.5 Å². The fourth-order valence-corrected chi connectivity index (χ4v) is 11.5. The van der Waals surface area contributed by atoms with E-state index in [0.717, 1.165) is 5.69 Å². The van der Waals surface area contributed by atoms with Gasteiger partial charge in [-0.1, -0.05) is 12.1 Å². The summed E-state index contributed by atoms with van der Waals surface area (Å²) in [6, 6.07) is 6.16. The maximum atomic E-state index is 15.4. The summed E-state index contributed by atoms with van der Waals surface area (Å²) in [6.45, 7) is 4.20. The predicted molar refractivity (Wildman–Crippen MR) is 148 cm³/mol. The van der Waals surface area contributed by atoms with Crippen molar-refractivity contribution in [2.45, 2.75) is 13.8 Å². The second-order valence-corrected chi connectivity index (χ2v) is 15.2. The molecule has 5 rings (SSSR count). The second kappa shape index (κ2) is 14.8. The molecule has 0 aromatic heterocycles. The van der Waals surface area contributed by atoms with E-state index < -0.39 is 147 Å². The first kappa shape index (κ1) is 41.9. The van der Waals surface area contributed by atoms with Gasteiger partial charge in [0.25, 0.3) is 0 Å². The van der Waals surface area contributed by atoms with E-state index in [1.165, 1.54) is 11.1 Å². The summed E-state index contributed by atoms with van der Waals surface area (Å²) >= 11 is -9.08. The molecule has 54 heavy (non-hydrogen) atoms. The molecule has 288 valence electrons. The van der Waals surface area contributed by atoms with Crippen molar-refractivity contribution in [3.05, 3.63) is 146 Å². The Bertz CT molecular complexity index is 1980. The molecule has 0 amide bonds. The van der Waals surface area contributed by atoms with Crippen molar-refractivity contribution in [3.63, 3.8) is 0 Å². The lowest BCUT2D eigenvalue weighted by Crippen LogP contribution is -2.81. The number of benzene rings is 5. The largest absolute Gasteiger partial charge is 0.325 e. The highest BCUT2D eigenvalue weighted by molar-refractivity contribution is 7.20. The van der Waals surface area contributed by atoms with E-state index >= 15 is 35.1 Å². The monoisotopic (exact) mass is 817 g/mol. The summed E-state index contributed by atoms with van der Waals surface area (Å²) in [5, 5.41) is 0. The van der Waals surface area contributed by atoms with Crippen LogP contribution in [0, 0.1) is 130 Å². The van der Waals surface area contributed by atoms with Gasteiger partial charge in [-0.15, -0.1) is 17.7 Å². The van der Waals surface area contributed by atoms with Gasteiger partial charge < -0.3 is 5.73 Å². The molecule has 0 aliphatic carbocycles. The van der Waals surface area contributed by atoms with Crippen LogP contribution in [-0.4, -0.2) is 13.1 Å². The standard InChI is InChI=1S/C8H11N.4C6F5.Al/c1-6-4-3-5-8(9)7(6)2;4*7-2-1-3(8)5(10)6(11)4(2)9;/h3-5H,9H2,1-2H3;;;;;/q;;;;;-1/p+1. The van der Waals surface area contributed by atoms with Crippen LogP contribution in [0.1, 0.15) is 11.1 Å². The predicted octanol–water partition coefficient (Wildman–Crippen LogP) is 7.02. The van der Waals surface area contributed by atoms with Gasteiger partial charge in [0, 0.05) is 5.56 Å². The Balaban J connectivity index is 0.000000631. The third-order valence-corrected chi connectivity index (χ3v) is 13.9. The fourth-order valence-electron chi connectivity index (χ4n) is 5.69. The van der Waals surface area contributed by atoms with Gasteiger partial charge in [-0.05, 0) is 25.5 Å². The molecule has 5 aromatic carbocycles. The molecular formula is C32H12AlF20N. The zero-order valence-electron chi connectivity index (χ0n) is 26.1. The minimum atomic E-state index is -9.08. The third kappa shape index (κ3) is 6.03. The van der Waals surface area contributed by atoms with E-state index in [4.69, 9.17) is 0 Å². The number of halogens is 20. The number of hydrogen-bond acceptors (Lipinski definition) is 0. The molecule has 0 heterocycles. The minimum Gasteiger partial charge on any atom is -0.325 e. The highest BCUT2D eigenvalue weighted by Gasteiger charge is 2.55. The van der Waals surface area contributed by atoms with E-state index in [0.29, 0.717) is 0 Å². The zero-order chi connectivity index (χ0) is 41.2. The van der Waals surface area contributed by atoms with Gasteiger partial charge >= 0.3 is 13.1 Å². The summed E-state index contributed by atoms with van der Waals surface area (Å²) in [7, 11) is 0. The Hall–Kier alpha value is -4.81. The molecule has 0 unspecified atom stereocenters. The van der Waals surface area contributed by atoms with Crippen LogP contribution in [0.15, 0.2) is 18.2 Å². The Morgan fingerprint density at radius 2 is 0.500 bits per heavy atom. The smallest absolute Gasteiger partial charge is 0.300 e. The summed E-state index contributed by atoms with van der Waals surface area (Å²) in [5.74, 6) is -70.8. The molecule has 0 aliphatic rings. The van der Waals surface area contributed by atoms with E-state index in [1.54, 1.807) is 0 Å². The summed E-state index contributed by atoms with van der Waals surface area (Å²) in [5.41, 5.74) is 7.64. The highest BCUT2D eigenvalue weighted by atomic mass is 27.2. The van der Waals surface area contributed by atoms with Gasteiger partial charge in [-0.2, -0.15) is 0 Å². The minimum absolute atomic E-state index is 1.13. The molecule has 0 aliphatic heterocycles. The topological polar surface area (TPSA) is 27.6 Å². The van der Waals surface area contributed by atoms with Crippen LogP contribution < -0.4 is 23.4 Å². The lowest BCUT2D eigenvalue weighted by atomic mass is 10.1. The van der Waals surface area contributed by atoms with Crippen LogP contribution in [0.25, 0.3) is 0 Å². The highest BCUT2D eigenvalue weighted by Crippen LogP contribution is 2.30. The normalized spacial score (nSPS) is 11.6. The lowest BCUT2D eigenvalue weighted by molar-refractivity contribution is -0.255. The molecule has 0 saturated heterocycles. The molecule has 22 heteroatoms. The molecule has 1 nitrogen and oxygen atoms in total. The number of aryl methyl sites for hydroxylation is 1. The second-order valence-electron chi connectivity index (χ2n) is 11.2. The first-order valence-corrected chi connectivity index (χ1v) is 16.3. The molecular weight excluding hydrogens is 805 g/mol. The quantitative estimate of drug-likeness (QED) is 0.0875. The van der Waals surface area contributed by atoms with E-state index in [1.807, 2.05) is 12.1 Å². The van der Waals surface area contributed by atoms with Crippen LogP contribution in [0.3, 0.4) is 0 Å². The van der Waals surface area contributed by atoms with Crippen molar-refractivity contribution in [1.82, 2.24) is 0 Å². The first-order chi connectivity index (χ1) is 24.9. The molecule has 0 fully saturated rings. The summed E-state index contributed by atoms with van der Waals surface area (Å²) in [6.07, 6.45) is 0. The van der Waals surface area contributed by atoms with Crippen molar-refractivity contribution < 1.29 is 93.5 Å². The van der Waals surface area contributed by atoms with Crippen molar-refractivity contribution in [3.8, 4) is 0 Å². The van der Waals surface area contributed by atoms with Gasteiger partial charge in [0.2, 0.25) is 0 Å². The van der Waals surface area contributed by atoms with Crippen LogP contribution in [0.5, 0.6) is 0 Å². The molecule has 3 N–H and O–H groups in total. The van der Waals surface area contributed by atoms with Crippen LogP contribution in [0.2, 0.25) is 0 Å². The Kier molecular flexibility index (Phi) is 11.5. The molecule has 0 saturated carbocycles. The van der Waals surface area contributed by atoms with Crippen molar-refractivity contribution >= 4 is 36.5 Å². The van der Waals surface area contributed by atoms with Crippen LogP contribution in [-0.2, 0) is 0 Å². The Morgan fingerprint density at radius 3 is 0.667 bits per heavy atom. The average Bonchev–Trinajstić information content (AvgIpc) is 3.13. The van der Waals surface area contributed by atoms with Gasteiger partial charge in [0.05, 0.1) is 0 Å². The molecule has 0 spiro atoms. The van der Waals surface area contributed by atoms with Crippen LogP contribution >= 0.6 is 0 Å². The SMILES string of the molecule is Cc1cccc([NH3+])c1C.Fc1c(F)c(F)[c]([Al-]([c]2c(F)c(F)c(F)c(F)c2F)([c]2c(F)c(F)c(F)c(F)c2F)[c]2c(F)c(F)c(F)c(F)c2F)c(F)c1F. The average molecular weight is 817 g/mol. The number of quaternary nitrogens is 1. The third-order valence-electron chi connectivity index (χ3n) is 8.42. The van der Waals surface area contributed by atoms with Gasteiger partial charge in [-0.3, -0.25) is 0 Å².